The van der Waals surface area contributed by atoms with Gasteiger partial charge in [-0.2, -0.15) is 0 Å². The van der Waals surface area contributed by atoms with Gasteiger partial charge in [-0.15, -0.1) is 0 Å². The molecule has 0 saturated carbocycles. The van der Waals surface area contributed by atoms with Crippen LogP contribution in [0.15, 0.2) is 12.2 Å². The standard InChI is InChI=1S/C50H98N2O5/c1-8-12-14-16-18-20-22-24-25-26-28-30-32-34-36-39-48(54)51-46(44-56-49(55)40-37-43-52(41-10-3)42-11-4)45(5)57-50(6,7)47(53)38-35-33-31-29-27-23-21-19-17-15-13-9-2/h24-25,45-47,53H,8-23,26-44H2,1-7H3,(H,51,54)/b25-24-/t45-,46+,47?/m1/s1. The molecule has 2 N–H and O–H groups in total. The molecule has 7 heteroatoms. The van der Waals surface area contributed by atoms with Gasteiger partial charge in [0.15, 0.2) is 0 Å². The van der Waals surface area contributed by atoms with Crippen LogP contribution in [0, 0.1) is 0 Å². The van der Waals surface area contributed by atoms with Crippen molar-refractivity contribution < 1.29 is 24.2 Å². The van der Waals surface area contributed by atoms with Crippen LogP contribution in [0.5, 0.6) is 0 Å². The summed E-state index contributed by atoms with van der Waals surface area (Å²) >= 11 is 0. The van der Waals surface area contributed by atoms with Gasteiger partial charge in [0.05, 0.1) is 23.9 Å². The molecular formula is C50H98N2O5. The predicted octanol–water partition coefficient (Wildman–Crippen LogP) is 13.6. The maximum absolute atomic E-state index is 13.2. The molecule has 338 valence electrons. The van der Waals surface area contributed by atoms with Gasteiger partial charge in [0.1, 0.15) is 6.61 Å². The van der Waals surface area contributed by atoms with Crippen molar-refractivity contribution in [2.24, 2.45) is 0 Å². The molecule has 0 saturated heterocycles. The molecule has 0 bridgehead atoms. The normalized spacial score (nSPS) is 13.7. The highest BCUT2D eigenvalue weighted by atomic mass is 16.5. The van der Waals surface area contributed by atoms with Crippen molar-refractivity contribution in [3.8, 4) is 0 Å². The van der Waals surface area contributed by atoms with Gasteiger partial charge in [-0.25, -0.2) is 0 Å². The highest BCUT2D eigenvalue weighted by molar-refractivity contribution is 5.76. The van der Waals surface area contributed by atoms with E-state index in [1.165, 1.54) is 122 Å². The molecule has 0 heterocycles. The summed E-state index contributed by atoms with van der Waals surface area (Å²) in [6.45, 7) is 17.7. The molecule has 0 rings (SSSR count). The van der Waals surface area contributed by atoms with E-state index >= 15 is 0 Å². The second kappa shape index (κ2) is 40.0. The zero-order valence-electron chi connectivity index (χ0n) is 39.2. The maximum atomic E-state index is 13.2. The summed E-state index contributed by atoms with van der Waals surface area (Å²) in [5.74, 6) is -0.272. The Morgan fingerprint density at radius 3 is 1.54 bits per heavy atom. The van der Waals surface area contributed by atoms with Crippen molar-refractivity contribution in [1.29, 1.82) is 0 Å². The largest absolute Gasteiger partial charge is 0.463 e. The van der Waals surface area contributed by atoms with E-state index in [1.54, 1.807) is 0 Å². The van der Waals surface area contributed by atoms with Crippen molar-refractivity contribution in [1.82, 2.24) is 10.2 Å². The number of allylic oxidation sites excluding steroid dienone is 2. The van der Waals surface area contributed by atoms with E-state index in [0.29, 0.717) is 19.3 Å². The Hall–Kier alpha value is -1.44. The van der Waals surface area contributed by atoms with Crippen LogP contribution in [0.2, 0.25) is 0 Å². The summed E-state index contributed by atoms with van der Waals surface area (Å²) in [6.07, 6.45) is 39.4. The highest BCUT2D eigenvalue weighted by Gasteiger charge is 2.33. The Morgan fingerprint density at radius 2 is 1.05 bits per heavy atom. The molecule has 3 atom stereocenters. The lowest BCUT2D eigenvalue weighted by molar-refractivity contribution is -0.157. The molecular weight excluding hydrogens is 709 g/mol. The van der Waals surface area contributed by atoms with Crippen LogP contribution in [0.3, 0.4) is 0 Å². The quantitative estimate of drug-likeness (QED) is 0.0362. The Kier molecular flexibility index (Phi) is 39.0. The summed E-state index contributed by atoms with van der Waals surface area (Å²) in [7, 11) is 0. The number of esters is 1. The summed E-state index contributed by atoms with van der Waals surface area (Å²) in [6, 6.07) is -0.487. The van der Waals surface area contributed by atoms with Crippen molar-refractivity contribution in [2.45, 2.75) is 271 Å². The molecule has 0 aliphatic rings. The van der Waals surface area contributed by atoms with E-state index in [1.807, 2.05) is 20.8 Å². The smallest absolute Gasteiger partial charge is 0.305 e. The van der Waals surface area contributed by atoms with Gasteiger partial charge in [0, 0.05) is 12.8 Å². The topological polar surface area (TPSA) is 88.1 Å². The number of unbranched alkanes of at least 4 members (excludes halogenated alkanes) is 22. The van der Waals surface area contributed by atoms with Gasteiger partial charge < -0.3 is 24.8 Å². The minimum absolute atomic E-state index is 0.0336. The first-order valence-corrected chi connectivity index (χ1v) is 24.8. The first-order valence-electron chi connectivity index (χ1n) is 24.8. The molecule has 0 aromatic heterocycles. The average Bonchev–Trinajstić information content (AvgIpc) is 3.18. The van der Waals surface area contributed by atoms with Gasteiger partial charge >= 0.3 is 5.97 Å². The fourth-order valence-corrected chi connectivity index (χ4v) is 7.77. The fraction of sp³-hybridized carbons (Fsp3) is 0.920. The second-order valence-corrected chi connectivity index (χ2v) is 17.8. The van der Waals surface area contributed by atoms with Gasteiger partial charge in [-0.3, -0.25) is 9.59 Å². The lowest BCUT2D eigenvalue weighted by atomic mass is 9.95. The van der Waals surface area contributed by atoms with E-state index in [-0.39, 0.29) is 18.5 Å². The number of nitrogens with zero attached hydrogens (tertiary/aromatic N) is 1. The molecule has 1 amide bonds. The van der Waals surface area contributed by atoms with Crippen molar-refractivity contribution in [3.05, 3.63) is 12.2 Å². The van der Waals surface area contributed by atoms with Crippen molar-refractivity contribution >= 4 is 11.9 Å². The van der Waals surface area contributed by atoms with Crippen LogP contribution in [-0.4, -0.2) is 72.0 Å². The number of hydrogen-bond acceptors (Lipinski definition) is 6. The van der Waals surface area contributed by atoms with Crippen molar-refractivity contribution in [2.75, 3.05) is 26.2 Å². The number of hydrogen-bond donors (Lipinski definition) is 2. The number of aliphatic hydroxyl groups is 1. The summed E-state index contributed by atoms with van der Waals surface area (Å²) in [4.78, 5) is 28.4. The third kappa shape index (κ3) is 35.1. The van der Waals surface area contributed by atoms with Crippen LogP contribution in [0.25, 0.3) is 0 Å². The molecule has 0 aromatic rings. The molecule has 0 aliphatic carbocycles. The van der Waals surface area contributed by atoms with Gasteiger partial charge in [-0.1, -0.05) is 168 Å². The van der Waals surface area contributed by atoms with Crippen LogP contribution in [-0.2, 0) is 19.1 Å². The van der Waals surface area contributed by atoms with E-state index < -0.39 is 23.9 Å². The SMILES string of the molecule is CCCCCCCC/C=C\CCCCCCCC(=O)N[C@@H](COC(=O)CCCN(CCC)CCC)[C@@H](C)OC(C)(C)C(O)CCCCCCCCCCCCCC. The Morgan fingerprint density at radius 1 is 0.596 bits per heavy atom. The van der Waals surface area contributed by atoms with Gasteiger partial charge in [0.2, 0.25) is 5.91 Å². The first-order chi connectivity index (χ1) is 27.6. The summed E-state index contributed by atoms with van der Waals surface area (Å²) < 4.78 is 12.2. The second-order valence-electron chi connectivity index (χ2n) is 17.8. The minimum atomic E-state index is -0.796. The molecule has 0 aliphatic heterocycles. The number of rotatable bonds is 43. The number of nitrogens with one attached hydrogen (secondary N) is 1. The minimum Gasteiger partial charge on any atom is -0.463 e. The lowest BCUT2D eigenvalue weighted by Crippen LogP contribution is -2.51. The lowest BCUT2D eigenvalue weighted by Gasteiger charge is -2.36. The number of amides is 1. The molecule has 1 unspecified atom stereocenters. The number of aliphatic hydroxyl groups excluding tert-OH is 1. The number of carbonyl (C=O) groups excluding carboxylic acids is 2. The number of carbonyl (C=O) groups is 2. The highest BCUT2D eigenvalue weighted by Crippen LogP contribution is 2.24. The third-order valence-corrected chi connectivity index (χ3v) is 11.6. The van der Waals surface area contributed by atoms with Crippen LogP contribution < -0.4 is 5.32 Å². The first kappa shape index (κ1) is 55.6. The molecule has 0 radical (unpaired) electrons. The third-order valence-electron chi connectivity index (χ3n) is 11.6. The van der Waals surface area contributed by atoms with Crippen LogP contribution >= 0.6 is 0 Å². The Labute approximate surface area is 355 Å². The Balaban J connectivity index is 4.78. The fourth-order valence-electron chi connectivity index (χ4n) is 7.77. The maximum Gasteiger partial charge on any atom is 0.305 e. The van der Waals surface area contributed by atoms with Gasteiger partial charge in [0.25, 0.3) is 0 Å². The van der Waals surface area contributed by atoms with E-state index in [9.17, 15) is 14.7 Å². The molecule has 7 nitrogen and oxygen atoms in total. The zero-order valence-corrected chi connectivity index (χ0v) is 39.2. The Bertz CT molecular complexity index is 918. The van der Waals surface area contributed by atoms with Gasteiger partial charge in [-0.05, 0) is 98.2 Å². The summed E-state index contributed by atoms with van der Waals surface area (Å²) in [5.41, 5.74) is -0.796. The van der Waals surface area contributed by atoms with E-state index in [0.717, 1.165) is 77.4 Å². The molecule has 57 heavy (non-hydrogen) atoms. The van der Waals surface area contributed by atoms with E-state index in [2.05, 4.69) is 50.1 Å². The molecule has 0 aromatic carbocycles. The van der Waals surface area contributed by atoms with Crippen LogP contribution in [0.1, 0.15) is 248 Å². The van der Waals surface area contributed by atoms with Crippen molar-refractivity contribution in [3.63, 3.8) is 0 Å². The monoisotopic (exact) mass is 807 g/mol. The van der Waals surface area contributed by atoms with E-state index in [4.69, 9.17) is 9.47 Å². The van der Waals surface area contributed by atoms with Crippen LogP contribution in [0.4, 0.5) is 0 Å². The predicted molar refractivity (Wildman–Crippen MR) is 245 cm³/mol. The zero-order chi connectivity index (χ0) is 42.2. The molecule has 0 fully saturated rings. The number of ether oxygens (including phenoxy) is 2. The average molecular weight is 807 g/mol. The molecule has 0 spiro atoms. The summed E-state index contributed by atoms with van der Waals surface area (Å²) in [5, 5.41) is 14.3.